The van der Waals surface area contributed by atoms with Crippen molar-refractivity contribution in [3.05, 3.63) is 89.5 Å². The van der Waals surface area contributed by atoms with Gasteiger partial charge in [0.25, 0.3) is 0 Å². The fraction of sp³-hybridized carbons (Fsp3) is 0.393. The maximum atomic E-state index is 11.7. The van der Waals surface area contributed by atoms with Gasteiger partial charge in [-0.05, 0) is 72.9 Å². The van der Waals surface area contributed by atoms with Gasteiger partial charge in [-0.3, -0.25) is 4.79 Å². The van der Waals surface area contributed by atoms with Gasteiger partial charge in [-0.2, -0.15) is 0 Å². The van der Waals surface area contributed by atoms with Crippen molar-refractivity contribution in [3.63, 3.8) is 0 Å². The summed E-state index contributed by atoms with van der Waals surface area (Å²) in [5, 5.41) is 0. The summed E-state index contributed by atoms with van der Waals surface area (Å²) >= 11 is 0. The zero-order chi connectivity index (χ0) is 22.0. The van der Waals surface area contributed by atoms with Crippen molar-refractivity contribution in [1.29, 1.82) is 0 Å². The van der Waals surface area contributed by atoms with Crippen molar-refractivity contribution >= 4 is 5.97 Å². The molecule has 0 bridgehead atoms. The van der Waals surface area contributed by atoms with Gasteiger partial charge in [-0.15, -0.1) is 6.58 Å². The van der Waals surface area contributed by atoms with Crippen LogP contribution in [0, 0.1) is 5.92 Å². The molecule has 3 heteroatoms. The molecule has 0 spiro atoms. The molecule has 0 amide bonds. The van der Waals surface area contributed by atoms with Crippen LogP contribution in [0.3, 0.4) is 0 Å². The predicted octanol–water partition coefficient (Wildman–Crippen LogP) is 6.44. The van der Waals surface area contributed by atoms with E-state index in [4.69, 9.17) is 9.47 Å². The Morgan fingerprint density at radius 2 is 2.00 bits per heavy atom. The van der Waals surface area contributed by atoms with Crippen LogP contribution in [0.4, 0.5) is 0 Å². The van der Waals surface area contributed by atoms with Crippen molar-refractivity contribution < 1.29 is 14.3 Å². The molecule has 2 aliphatic rings. The van der Waals surface area contributed by atoms with Crippen LogP contribution in [0.5, 0.6) is 5.75 Å². The highest BCUT2D eigenvalue weighted by atomic mass is 16.5. The Labute approximate surface area is 185 Å². The minimum Gasteiger partial charge on any atom is -0.486 e. The summed E-state index contributed by atoms with van der Waals surface area (Å²) in [4.78, 5) is 11.7. The van der Waals surface area contributed by atoms with Crippen molar-refractivity contribution in [1.82, 2.24) is 0 Å². The van der Waals surface area contributed by atoms with Crippen LogP contribution in [-0.4, -0.2) is 13.1 Å². The number of methoxy groups -OCH3 is 1. The number of rotatable bonds is 8. The molecule has 0 radical (unpaired) electrons. The first kappa shape index (κ1) is 21.4. The quantitative estimate of drug-likeness (QED) is 0.367. The number of allylic oxidation sites excluding steroid dienone is 3. The van der Waals surface area contributed by atoms with Gasteiger partial charge in [-0.25, -0.2) is 0 Å². The molecule has 4 rings (SSSR count). The number of carbonyl (C=O) groups is 1. The van der Waals surface area contributed by atoms with Gasteiger partial charge in [0.1, 0.15) is 11.9 Å². The Morgan fingerprint density at radius 1 is 1.23 bits per heavy atom. The Balaban J connectivity index is 1.51. The topological polar surface area (TPSA) is 35.5 Å². The summed E-state index contributed by atoms with van der Waals surface area (Å²) in [5.41, 5.74) is 5.24. The maximum absolute atomic E-state index is 11.7. The van der Waals surface area contributed by atoms with Crippen LogP contribution in [0.1, 0.15) is 67.4 Å². The number of carbonyl (C=O) groups excluding carboxylic acids is 1. The normalized spacial score (nSPS) is 23.8. The number of benzene rings is 2. The van der Waals surface area contributed by atoms with E-state index < -0.39 is 0 Å². The Kier molecular flexibility index (Phi) is 6.04. The lowest BCUT2D eigenvalue weighted by atomic mass is 9.76. The average Bonchev–Trinajstić information content (AvgIpc) is 3.48. The molecule has 162 valence electrons. The molecule has 0 N–H and O–H groups in total. The molecule has 1 fully saturated rings. The fourth-order valence-electron chi connectivity index (χ4n) is 5.14. The molecule has 0 aromatic heterocycles. The molecule has 4 unspecified atom stereocenters. The van der Waals surface area contributed by atoms with E-state index in [2.05, 4.69) is 62.9 Å². The molecule has 0 heterocycles. The van der Waals surface area contributed by atoms with Gasteiger partial charge in [-0.1, -0.05) is 55.5 Å². The van der Waals surface area contributed by atoms with Gasteiger partial charge < -0.3 is 9.47 Å². The van der Waals surface area contributed by atoms with Gasteiger partial charge in [0.05, 0.1) is 13.0 Å². The van der Waals surface area contributed by atoms with Gasteiger partial charge >= 0.3 is 5.97 Å². The average molecular weight is 417 g/mol. The summed E-state index contributed by atoms with van der Waals surface area (Å²) in [6.07, 6.45) is 10.3. The molecule has 0 saturated heterocycles. The predicted molar refractivity (Wildman–Crippen MR) is 124 cm³/mol. The van der Waals surface area contributed by atoms with Crippen molar-refractivity contribution in [2.75, 3.05) is 7.11 Å². The first-order valence-electron chi connectivity index (χ1n) is 11.2. The van der Waals surface area contributed by atoms with Crippen LogP contribution in [0.25, 0.3) is 0 Å². The number of esters is 1. The van der Waals surface area contributed by atoms with Crippen LogP contribution in [0.2, 0.25) is 0 Å². The third-order valence-electron chi connectivity index (χ3n) is 6.81. The van der Waals surface area contributed by atoms with E-state index >= 15 is 0 Å². The van der Waals surface area contributed by atoms with E-state index in [0.29, 0.717) is 0 Å². The molecular weight excluding hydrogens is 384 g/mol. The molecule has 1 saturated carbocycles. The number of fused-ring (bicyclic) bond motifs is 1. The number of ether oxygens (including phenoxy) is 2. The standard InChI is InChI=1S/C28H32O3/c1-5-16-28(3,17-6-2)25-9-7-8-22-21(25)14-15-26(22)31-20-12-10-19(11-13-20)23-18-24(23)27(29)30-4/h5-13,17,23-24,26H,1,14-16,18H2,2-4H3. The molecule has 0 aliphatic heterocycles. The van der Waals surface area contributed by atoms with E-state index in [0.717, 1.165) is 31.4 Å². The zero-order valence-electron chi connectivity index (χ0n) is 18.8. The highest BCUT2D eigenvalue weighted by molar-refractivity contribution is 5.77. The Hall–Kier alpha value is -2.81. The number of hydrogen-bond acceptors (Lipinski definition) is 3. The molecule has 2 aromatic carbocycles. The van der Waals surface area contributed by atoms with Crippen LogP contribution in [-0.2, 0) is 21.4 Å². The number of hydrogen-bond donors (Lipinski definition) is 0. The molecule has 2 aromatic rings. The lowest BCUT2D eigenvalue weighted by Gasteiger charge is -2.28. The highest BCUT2D eigenvalue weighted by Crippen LogP contribution is 2.48. The monoisotopic (exact) mass is 416 g/mol. The Bertz CT molecular complexity index is 988. The molecule has 31 heavy (non-hydrogen) atoms. The van der Waals surface area contributed by atoms with E-state index in [1.54, 1.807) is 0 Å². The first-order chi connectivity index (χ1) is 15.0. The van der Waals surface area contributed by atoms with Crippen molar-refractivity contribution in [2.45, 2.75) is 57.0 Å². The second kappa shape index (κ2) is 8.74. The SMILES string of the molecule is C=CCC(C)(C=CC)c1cccc2c1CCC2Oc1ccc(C2CC2C(=O)OC)cc1. The third-order valence-corrected chi connectivity index (χ3v) is 6.81. The van der Waals surface area contributed by atoms with Gasteiger partial charge in [0, 0.05) is 5.41 Å². The largest absolute Gasteiger partial charge is 0.486 e. The van der Waals surface area contributed by atoms with E-state index in [1.165, 1.54) is 29.4 Å². The summed E-state index contributed by atoms with van der Waals surface area (Å²) in [6.45, 7) is 8.34. The fourth-order valence-corrected chi connectivity index (χ4v) is 5.14. The smallest absolute Gasteiger partial charge is 0.309 e. The summed E-state index contributed by atoms with van der Waals surface area (Å²) in [7, 11) is 1.46. The highest BCUT2D eigenvalue weighted by Gasteiger charge is 2.44. The van der Waals surface area contributed by atoms with Crippen LogP contribution < -0.4 is 4.74 Å². The van der Waals surface area contributed by atoms with Gasteiger partial charge in [0.2, 0.25) is 0 Å². The lowest BCUT2D eigenvalue weighted by Crippen LogP contribution is -2.20. The van der Waals surface area contributed by atoms with Crippen molar-refractivity contribution in [2.24, 2.45) is 5.92 Å². The van der Waals surface area contributed by atoms with Crippen LogP contribution in [0.15, 0.2) is 67.3 Å². The minimum absolute atomic E-state index is 0.0129. The van der Waals surface area contributed by atoms with E-state index in [9.17, 15) is 4.79 Å². The Morgan fingerprint density at radius 3 is 2.68 bits per heavy atom. The summed E-state index contributed by atoms with van der Waals surface area (Å²) < 4.78 is 11.3. The van der Waals surface area contributed by atoms with Crippen LogP contribution >= 0.6 is 0 Å². The lowest BCUT2D eigenvalue weighted by molar-refractivity contribution is -0.142. The molecule has 3 nitrogen and oxygen atoms in total. The van der Waals surface area contributed by atoms with Gasteiger partial charge in [0.15, 0.2) is 0 Å². The first-order valence-corrected chi connectivity index (χ1v) is 11.2. The second-order valence-corrected chi connectivity index (χ2v) is 8.97. The van der Waals surface area contributed by atoms with E-state index in [1.807, 2.05) is 18.2 Å². The minimum atomic E-state index is -0.106. The molecule has 2 aliphatic carbocycles. The summed E-state index contributed by atoms with van der Waals surface area (Å²) in [5.74, 6) is 1.07. The molecular formula is C28H32O3. The van der Waals surface area contributed by atoms with E-state index in [-0.39, 0.29) is 29.3 Å². The zero-order valence-corrected chi connectivity index (χ0v) is 18.8. The second-order valence-electron chi connectivity index (χ2n) is 8.97. The third kappa shape index (κ3) is 4.19. The molecule has 4 atom stereocenters. The maximum Gasteiger partial charge on any atom is 0.309 e. The van der Waals surface area contributed by atoms with Crippen molar-refractivity contribution in [3.8, 4) is 5.75 Å². The summed E-state index contributed by atoms with van der Waals surface area (Å²) in [6, 6.07) is 14.9.